The second-order valence-corrected chi connectivity index (χ2v) is 8.17. The number of amides is 2. The van der Waals surface area contributed by atoms with Crippen LogP contribution in [0, 0.1) is 0 Å². The lowest BCUT2D eigenvalue weighted by atomic mass is 10.2. The molecule has 2 amide bonds. The Hall–Kier alpha value is -3.02. The zero-order valence-corrected chi connectivity index (χ0v) is 17.5. The third-order valence-electron chi connectivity index (χ3n) is 4.55. The van der Waals surface area contributed by atoms with E-state index in [4.69, 9.17) is 16.3 Å². The number of hydrogen-bond donors (Lipinski definition) is 0. The summed E-state index contributed by atoms with van der Waals surface area (Å²) in [7, 11) is 0. The number of imide groups is 1. The lowest BCUT2D eigenvalue weighted by Gasteiger charge is -2.12. The van der Waals surface area contributed by atoms with Crippen molar-refractivity contribution in [2.45, 2.75) is 13.2 Å². The SMILES string of the molecule is O=C1S/C(=C\c2ccc(OCc3ccc(Cl)cc3)cc2)C(=O)N1Cc1ccccc1. The third-order valence-corrected chi connectivity index (χ3v) is 5.71. The van der Waals surface area contributed by atoms with Crippen molar-refractivity contribution >= 4 is 40.6 Å². The van der Waals surface area contributed by atoms with Crippen LogP contribution in [0.3, 0.4) is 0 Å². The van der Waals surface area contributed by atoms with Crippen LogP contribution < -0.4 is 4.74 Å². The summed E-state index contributed by atoms with van der Waals surface area (Å²) >= 11 is 6.85. The van der Waals surface area contributed by atoms with Gasteiger partial charge in [0.05, 0.1) is 11.4 Å². The van der Waals surface area contributed by atoms with E-state index < -0.39 is 0 Å². The van der Waals surface area contributed by atoms with Crippen molar-refractivity contribution in [3.8, 4) is 5.75 Å². The highest BCUT2D eigenvalue weighted by Crippen LogP contribution is 2.33. The molecule has 0 unspecified atom stereocenters. The largest absolute Gasteiger partial charge is 0.489 e. The highest BCUT2D eigenvalue weighted by Gasteiger charge is 2.34. The molecule has 1 aliphatic rings. The van der Waals surface area contributed by atoms with Gasteiger partial charge in [-0.2, -0.15) is 0 Å². The van der Waals surface area contributed by atoms with E-state index in [1.54, 1.807) is 6.08 Å². The first-order chi connectivity index (χ1) is 14.6. The van der Waals surface area contributed by atoms with Crippen LogP contribution in [-0.2, 0) is 17.9 Å². The van der Waals surface area contributed by atoms with E-state index in [0.717, 1.165) is 34.2 Å². The van der Waals surface area contributed by atoms with Crippen LogP contribution in [0.1, 0.15) is 16.7 Å². The van der Waals surface area contributed by atoms with Crippen LogP contribution >= 0.6 is 23.4 Å². The molecule has 0 saturated carbocycles. The number of halogens is 1. The first-order valence-electron chi connectivity index (χ1n) is 9.35. The van der Waals surface area contributed by atoms with Gasteiger partial charge in [-0.3, -0.25) is 14.5 Å². The first kappa shape index (κ1) is 20.3. The monoisotopic (exact) mass is 435 g/mol. The molecule has 4 rings (SSSR count). The van der Waals surface area contributed by atoms with Gasteiger partial charge in [0.2, 0.25) is 0 Å². The molecule has 1 aliphatic heterocycles. The quantitative estimate of drug-likeness (QED) is 0.435. The van der Waals surface area contributed by atoms with Gasteiger partial charge in [-0.05, 0) is 58.8 Å². The van der Waals surface area contributed by atoms with E-state index in [1.807, 2.05) is 78.9 Å². The van der Waals surface area contributed by atoms with Crippen molar-refractivity contribution < 1.29 is 14.3 Å². The summed E-state index contributed by atoms with van der Waals surface area (Å²) in [6.45, 7) is 0.717. The molecule has 0 radical (unpaired) electrons. The highest BCUT2D eigenvalue weighted by molar-refractivity contribution is 8.18. The van der Waals surface area contributed by atoms with Gasteiger partial charge in [-0.1, -0.05) is 66.2 Å². The molecule has 0 N–H and O–H groups in total. The normalized spacial score (nSPS) is 15.1. The number of benzene rings is 3. The average molecular weight is 436 g/mol. The number of hydrogen-bond acceptors (Lipinski definition) is 4. The Kier molecular flexibility index (Phi) is 6.21. The zero-order chi connectivity index (χ0) is 20.9. The molecule has 4 nitrogen and oxygen atoms in total. The standard InChI is InChI=1S/C24H18ClNO3S/c25-20-10-6-19(7-11-20)16-29-21-12-8-17(9-13-21)14-22-23(27)26(24(28)30-22)15-18-4-2-1-3-5-18/h1-14H,15-16H2/b22-14-. The van der Waals surface area contributed by atoms with Crippen LogP contribution in [0.2, 0.25) is 5.02 Å². The average Bonchev–Trinajstić information content (AvgIpc) is 3.02. The smallest absolute Gasteiger partial charge is 0.293 e. The first-order valence-corrected chi connectivity index (χ1v) is 10.5. The molecule has 150 valence electrons. The molecule has 3 aromatic carbocycles. The number of carbonyl (C=O) groups excluding carboxylic acids is 2. The molecule has 0 bridgehead atoms. The molecular weight excluding hydrogens is 418 g/mol. The molecule has 1 saturated heterocycles. The summed E-state index contributed by atoms with van der Waals surface area (Å²) in [5.41, 5.74) is 2.78. The van der Waals surface area contributed by atoms with Crippen LogP contribution in [-0.4, -0.2) is 16.0 Å². The molecule has 1 fully saturated rings. The minimum absolute atomic E-state index is 0.252. The molecule has 0 aliphatic carbocycles. The second kappa shape index (κ2) is 9.20. The number of ether oxygens (including phenoxy) is 1. The zero-order valence-electron chi connectivity index (χ0n) is 16.0. The van der Waals surface area contributed by atoms with Crippen molar-refractivity contribution in [3.05, 3.63) is 105 Å². The van der Waals surface area contributed by atoms with Crippen molar-refractivity contribution in [1.82, 2.24) is 4.90 Å². The van der Waals surface area contributed by atoms with E-state index in [-0.39, 0.29) is 17.7 Å². The maximum absolute atomic E-state index is 12.7. The Morgan fingerprint density at radius 1 is 0.867 bits per heavy atom. The Balaban J connectivity index is 1.40. The van der Waals surface area contributed by atoms with Crippen molar-refractivity contribution in [2.75, 3.05) is 0 Å². The Morgan fingerprint density at radius 2 is 1.57 bits per heavy atom. The van der Waals surface area contributed by atoms with Crippen LogP contribution in [0.25, 0.3) is 6.08 Å². The maximum atomic E-state index is 12.7. The van der Waals surface area contributed by atoms with E-state index in [2.05, 4.69) is 0 Å². The molecule has 30 heavy (non-hydrogen) atoms. The van der Waals surface area contributed by atoms with Crippen LogP contribution in [0.5, 0.6) is 5.75 Å². The second-order valence-electron chi connectivity index (χ2n) is 6.74. The third kappa shape index (κ3) is 4.93. The molecule has 3 aromatic rings. The fourth-order valence-electron chi connectivity index (χ4n) is 2.96. The summed E-state index contributed by atoms with van der Waals surface area (Å²) in [6.07, 6.45) is 1.73. The fraction of sp³-hybridized carbons (Fsp3) is 0.0833. The van der Waals surface area contributed by atoms with Crippen LogP contribution in [0.4, 0.5) is 4.79 Å². The molecule has 0 aromatic heterocycles. The lowest BCUT2D eigenvalue weighted by Crippen LogP contribution is -2.27. The highest BCUT2D eigenvalue weighted by atomic mass is 35.5. The van der Waals surface area contributed by atoms with Gasteiger partial charge in [0.25, 0.3) is 11.1 Å². The molecular formula is C24H18ClNO3S. The van der Waals surface area contributed by atoms with E-state index in [1.165, 1.54) is 4.90 Å². The molecule has 6 heteroatoms. The molecule has 1 heterocycles. The van der Waals surface area contributed by atoms with Gasteiger partial charge in [0, 0.05) is 5.02 Å². The molecule has 0 atom stereocenters. The predicted octanol–water partition coefficient (Wildman–Crippen LogP) is 6.16. The van der Waals surface area contributed by atoms with Crippen molar-refractivity contribution in [2.24, 2.45) is 0 Å². The number of rotatable bonds is 6. The van der Waals surface area contributed by atoms with Gasteiger partial charge in [-0.25, -0.2) is 0 Å². The number of thioether (sulfide) groups is 1. The van der Waals surface area contributed by atoms with Crippen LogP contribution in [0.15, 0.2) is 83.8 Å². The van der Waals surface area contributed by atoms with Gasteiger partial charge in [0.1, 0.15) is 12.4 Å². The Morgan fingerprint density at radius 3 is 2.27 bits per heavy atom. The summed E-state index contributed by atoms with van der Waals surface area (Å²) in [5, 5.41) is 0.439. The minimum Gasteiger partial charge on any atom is -0.489 e. The summed E-state index contributed by atoms with van der Waals surface area (Å²) < 4.78 is 5.78. The van der Waals surface area contributed by atoms with E-state index in [9.17, 15) is 9.59 Å². The Bertz CT molecular complexity index is 1080. The minimum atomic E-state index is -0.267. The summed E-state index contributed by atoms with van der Waals surface area (Å²) in [6, 6.07) is 24.4. The Labute approximate surface area is 184 Å². The number of carbonyl (C=O) groups is 2. The van der Waals surface area contributed by atoms with Gasteiger partial charge in [0.15, 0.2) is 0 Å². The van der Waals surface area contributed by atoms with E-state index in [0.29, 0.717) is 16.5 Å². The fourth-order valence-corrected chi connectivity index (χ4v) is 3.93. The predicted molar refractivity (Wildman–Crippen MR) is 120 cm³/mol. The topological polar surface area (TPSA) is 46.6 Å². The maximum Gasteiger partial charge on any atom is 0.293 e. The van der Waals surface area contributed by atoms with Crippen molar-refractivity contribution in [3.63, 3.8) is 0 Å². The van der Waals surface area contributed by atoms with Gasteiger partial charge >= 0.3 is 0 Å². The van der Waals surface area contributed by atoms with Crippen molar-refractivity contribution in [1.29, 1.82) is 0 Å². The summed E-state index contributed by atoms with van der Waals surface area (Å²) in [4.78, 5) is 26.6. The lowest BCUT2D eigenvalue weighted by molar-refractivity contribution is -0.123. The number of nitrogens with zero attached hydrogens (tertiary/aromatic N) is 1. The summed E-state index contributed by atoms with van der Waals surface area (Å²) in [5.74, 6) is 0.455. The van der Waals surface area contributed by atoms with E-state index >= 15 is 0 Å². The van der Waals surface area contributed by atoms with Gasteiger partial charge < -0.3 is 4.74 Å². The van der Waals surface area contributed by atoms with Gasteiger partial charge in [-0.15, -0.1) is 0 Å². The molecule has 0 spiro atoms.